The Labute approximate surface area is 282 Å². The summed E-state index contributed by atoms with van der Waals surface area (Å²) in [5.74, 6) is -0.162. The van der Waals surface area contributed by atoms with Gasteiger partial charge in [0.25, 0.3) is 11.8 Å². The number of amides is 2. The maximum absolute atomic E-state index is 13.4. The van der Waals surface area contributed by atoms with Crippen LogP contribution in [0.15, 0.2) is 48.9 Å². The number of imide groups is 1. The molecule has 1 fully saturated rings. The van der Waals surface area contributed by atoms with E-state index in [1.165, 1.54) is 23.4 Å². The lowest BCUT2D eigenvalue weighted by Crippen LogP contribution is -2.52. The van der Waals surface area contributed by atoms with Gasteiger partial charge in [-0.15, -0.1) is 0 Å². The Morgan fingerprint density at radius 2 is 1.54 bits per heavy atom. The monoisotopic (exact) mass is 664 g/mol. The van der Waals surface area contributed by atoms with Gasteiger partial charge in [0.1, 0.15) is 11.9 Å². The van der Waals surface area contributed by atoms with Crippen LogP contribution in [0, 0.1) is 11.3 Å². The van der Waals surface area contributed by atoms with E-state index in [2.05, 4.69) is 56.6 Å². The highest BCUT2D eigenvalue weighted by atomic mass is 16.5. The van der Waals surface area contributed by atoms with Crippen LogP contribution in [-0.4, -0.2) is 85.0 Å². The van der Waals surface area contributed by atoms with Gasteiger partial charge in [0, 0.05) is 53.8 Å². The van der Waals surface area contributed by atoms with Crippen LogP contribution in [0.4, 0.5) is 0 Å². The number of carbonyl (C=O) groups is 5. The van der Waals surface area contributed by atoms with Crippen LogP contribution in [0.3, 0.4) is 0 Å². The molecule has 0 radical (unpaired) electrons. The molecule has 1 atom stereocenters. The van der Waals surface area contributed by atoms with Gasteiger partial charge < -0.3 is 29.0 Å². The van der Waals surface area contributed by atoms with Gasteiger partial charge in [-0.3, -0.25) is 19.3 Å². The minimum atomic E-state index is -0.500. The fourth-order valence-electron chi connectivity index (χ4n) is 7.05. The fourth-order valence-corrected chi connectivity index (χ4v) is 7.05. The standard InChI is InChI=1S/C34H46N4O4.2CH2O2/c1-34(2,22-37-32(40)28-14-10-12-26-13-11-15-29(31(26)28)33(37)41)23-38(4,5)17-9-7-6-8-16-36-20-27(35(3)24-36)18-25-19-30(39)42-21-25;2*2-1-3/h10-15,20,24-25H,6-9,16-19,21-23H2,1-5H3;2*1H,(H,2,3)/q+2;;/p-2. The van der Waals surface area contributed by atoms with Crippen molar-refractivity contribution in [3.63, 3.8) is 0 Å². The Morgan fingerprint density at radius 1 is 0.958 bits per heavy atom. The van der Waals surface area contributed by atoms with Crippen molar-refractivity contribution in [2.75, 3.05) is 40.3 Å². The first-order valence-electron chi connectivity index (χ1n) is 16.3. The predicted molar refractivity (Wildman–Crippen MR) is 174 cm³/mol. The number of hydrogen-bond acceptors (Lipinski definition) is 8. The number of rotatable bonds is 13. The van der Waals surface area contributed by atoms with Gasteiger partial charge in [-0.05, 0) is 43.2 Å². The SMILES string of the molecule is Cn1c[n+](CCCCCC[N+](C)(C)CC(C)(C)CN2C(=O)c3cccc4cccc(c34)C2=O)cc1CC1COC(=O)C1.O=C[O-].O=C[O-]. The molecule has 12 heteroatoms. The summed E-state index contributed by atoms with van der Waals surface area (Å²) in [6.45, 7) is 7.19. The van der Waals surface area contributed by atoms with Gasteiger partial charge in [-0.25, -0.2) is 9.13 Å². The smallest absolute Gasteiger partial charge is 0.306 e. The molecule has 2 aromatic carbocycles. The van der Waals surface area contributed by atoms with Crippen LogP contribution < -0.4 is 14.8 Å². The zero-order valence-corrected chi connectivity index (χ0v) is 28.7. The Hall–Kier alpha value is -4.58. The molecular weight excluding hydrogens is 616 g/mol. The number of quaternary nitrogens is 1. The van der Waals surface area contributed by atoms with Crippen molar-refractivity contribution in [3.8, 4) is 0 Å². The first-order chi connectivity index (χ1) is 22.8. The van der Waals surface area contributed by atoms with E-state index in [-0.39, 0.29) is 23.2 Å². The number of hydrogen-bond donors (Lipinski definition) is 0. The molecule has 0 saturated carbocycles. The molecule has 12 nitrogen and oxygen atoms in total. The molecule has 260 valence electrons. The topological polar surface area (TPSA) is 153 Å². The molecule has 0 aliphatic carbocycles. The van der Waals surface area contributed by atoms with Crippen molar-refractivity contribution in [1.82, 2.24) is 9.47 Å². The van der Waals surface area contributed by atoms with Crippen molar-refractivity contribution in [2.24, 2.45) is 18.4 Å². The van der Waals surface area contributed by atoms with Crippen molar-refractivity contribution in [2.45, 2.75) is 58.9 Å². The average molecular weight is 665 g/mol. The lowest BCUT2D eigenvalue weighted by Gasteiger charge is -2.40. The van der Waals surface area contributed by atoms with Crippen molar-refractivity contribution in [3.05, 3.63) is 65.7 Å². The first-order valence-corrected chi connectivity index (χ1v) is 16.3. The maximum Gasteiger partial charge on any atom is 0.306 e. The first kappa shape index (κ1) is 37.9. The molecule has 0 bridgehead atoms. The number of carboxylic acid groups (broad SMARTS) is 2. The fraction of sp³-hybridized carbons (Fsp3) is 0.500. The summed E-state index contributed by atoms with van der Waals surface area (Å²) in [5, 5.41) is 18.2. The molecule has 3 aromatic rings. The number of imidazole rings is 1. The van der Waals surface area contributed by atoms with E-state index in [1.54, 1.807) is 0 Å². The highest BCUT2D eigenvalue weighted by Crippen LogP contribution is 2.32. The number of aromatic nitrogens is 2. The van der Waals surface area contributed by atoms with Gasteiger partial charge >= 0.3 is 5.97 Å². The largest absolute Gasteiger partial charge is 0.554 e. The van der Waals surface area contributed by atoms with E-state index in [0.717, 1.165) is 54.2 Å². The zero-order chi connectivity index (χ0) is 35.5. The number of esters is 1. The van der Waals surface area contributed by atoms with Gasteiger partial charge in [-0.2, -0.15) is 0 Å². The predicted octanol–water partition coefficient (Wildman–Crippen LogP) is 1.26. The lowest BCUT2D eigenvalue weighted by atomic mass is 9.88. The van der Waals surface area contributed by atoms with Gasteiger partial charge in [0.05, 0.1) is 53.8 Å². The third-order valence-electron chi connectivity index (χ3n) is 8.75. The summed E-state index contributed by atoms with van der Waals surface area (Å²) in [7, 11) is 6.57. The van der Waals surface area contributed by atoms with Crippen LogP contribution in [0.2, 0.25) is 0 Å². The Kier molecular flexibility index (Phi) is 13.4. The molecule has 5 rings (SSSR count). The van der Waals surface area contributed by atoms with E-state index in [0.29, 0.717) is 36.6 Å². The second kappa shape index (κ2) is 17.0. The number of cyclic esters (lactones) is 1. The quantitative estimate of drug-likeness (QED) is 0.0662. The minimum absolute atomic E-state index is 0.0798. The maximum atomic E-state index is 13.4. The molecule has 48 heavy (non-hydrogen) atoms. The summed E-state index contributed by atoms with van der Waals surface area (Å²) < 4.78 is 10.4. The number of benzene rings is 2. The number of ether oxygens (including phenoxy) is 1. The summed E-state index contributed by atoms with van der Waals surface area (Å²) in [6, 6.07) is 11.4. The van der Waals surface area contributed by atoms with Crippen LogP contribution in [0.1, 0.15) is 72.4 Å². The normalized spacial score (nSPS) is 15.7. The molecule has 1 unspecified atom stereocenters. The van der Waals surface area contributed by atoms with Crippen molar-refractivity contribution in [1.29, 1.82) is 0 Å². The van der Waals surface area contributed by atoms with Crippen LogP contribution in [0.5, 0.6) is 0 Å². The molecular formula is C36H48N4O8. The third-order valence-corrected chi connectivity index (χ3v) is 8.75. The summed E-state index contributed by atoms with van der Waals surface area (Å²) in [4.78, 5) is 56.2. The number of aryl methyl sites for hydroxylation is 2. The van der Waals surface area contributed by atoms with Crippen LogP contribution in [-0.2, 0) is 39.1 Å². The number of unbranched alkanes of at least 4 members (excludes halogenated alkanes) is 3. The molecule has 2 aliphatic rings. The van der Waals surface area contributed by atoms with E-state index in [4.69, 9.17) is 24.5 Å². The molecule has 1 aromatic heterocycles. The molecule has 3 heterocycles. The number of carbonyl (C=O) groups excluding carboxylic acids is 5. The lowest BCUT2D eigenvalue weighted by molar-refractivity contribution is -0.896. The molecule has 0 spiro atoms. The van der Waals surface area contributed by atoms with Crippen molar-refractivity contribution >= 4 is 41.5 Å². The average Bonchev–Trinajstić information content (AvgIpc) is 3.59. The van der Waals surface area contributed by atoms with E-state index in [1.807, 2.05) is 36.4 Å². The Morgan fingerprint density at radius 3 is 2.10 bits per heavy atom. The van der Waals surface area contributed by atoms with E-state index < -0.39 is 12.9 Å². The summed E-state index contributed by atoms with van der Waals surface area (Å²) >= 11 is 0. The molecule has 2 aliphatic heterocycles. The summed E-state index contributed by atoms with van der Waals surface area (Å²) in [6.07, 6.45) is 10.4. The molecule has 2 amide bonds. The van der Waals surface area contributed by atoms with Crippen molar-refractivity contribution < 1.29 is 48.0 Å². The highest BCUT2D eigenvalue weighted by Gasteiger charge is 2.38. The van der Waals surface area contributed by atoms with Gasteiger partial charge in [0.2, 0.25) is 6.33 Å². The Balaban J connectivity index is 0.000000969. The third kappa shape index (κ3) is 10.2. The molecule has 1 saturated heterocycles. The van der Waals surface area contributed by atoms with Crippen LogP contribution >= 0.6 is 0 Å². The second-order valence-electron chi connectivity index (χ2n) is 14.0. The highest BCUT2D eigenvalue weighted by molar-refractivity contribution is 6.25. The summed E-state index contributed by atoms with van der Waals surface area (Å²) in [5.41, 5.74) is 2.26. The zero-order valence-electron chi connectivity index (χ0n) is 28.7. The second-order valence-corrected chi connectivity index (χ2v) is 14.0. The number of nitrogens with zero attached hydrogens (tertiary/aromatic N) is 4. The van der Waals surface area contributed by atoms with Gasteiger partial charge in [0.15, 0.2) is 0 Å². The Bertz CT molecular complexity index is 1540. The van der Waals surface area contributed by atoms with E-state index >= 15 is 0 Å². The van der Waals surface area contributed by atoms with E-state index in [9.17, 15) is 14.4 Å². The molecule has 0 N–H and O–H groups in total. The van der Waals surface area contributed by atoms with Gasteiger partial charge in [-0.1, -0.05) is 38.1 Å². The minimum Gasteiger partial charge on any atom is -0.554 e. The van der Waals surface area contributed by atoms with Crippen LogP contribution in [0.25, 0.3) is 10.8 Å².